The lowest BCUT2D eigenvalue weighted by atomic mass is 10.1. The van der Waals surface area contributed by atoms with Crippen molar-refractivity contribution >= 4 is 33.1 Å². The van der Waals surface area contributed by atoms with E-state index in [0.717, 1.165) is 22.2 Å². The van der Waals surface area contributed by atoms with Crippen LogP contribution in [0, 0.1) is 0 Å². The molecule has 0 fully saturated rings. The highest BCUT2D eigenvalue weighted by atomic mass is 35.5. The van der Waals surface area contributed by atoms with Gasteiger partial charge in [-0.3, -0.25) is 0 Å². The minimum absolute atomic E-state index is 0. The van der Waals surface area contributed by atoms with E-state index in [1.165, 1.54) is 7.11 Å². The van der Waals surface area contributed by atoms with E-state index in [0.29, 0.717) is 25.3 Å². The second kappa shape index (κ2) is 12.1. The topological polar surface area (TPSA) is 101 Å². The first-order chi connectivity index (χ1) is 16.5. The molecule has 0 amide bonds. The fourth-order valence-corrected chi connectivity index (χ4v) is 4.92. The van der Waals surface area contributed by atoms with Crippen LogP contribution in [0.1, 0.15) is 5.56 Å². The molecule has 186 valence electrons. The van der Waals surface area contributed by atoms with Gasteiger partial charge in [-0.05, 0) is 73.1 Å². The van der Waals surface area contributed by atoms with Gasteiger partial charge in [0.05, 0.1) is 16.9 Å². The van der Waals surface area contributed by atoms with Gasteiger partial charge in [0.15, 0.2) is 0 Å². The Morgan fingerprint density at radius 3 is 2.34 bits per heavy atom. The molecule has 0 aliphatic heterocycles. The second-order valence-electron chi connectivity index (χ2n) is 7.94. The molecule has 4 aromatic rings. The number of sulfone groups is 1. The Labute approximate surface area is 211 Å². The maximum atomic E-state index is 12.8. The summed E-state index contributed by atoms with van der Waals surface area (Å²) in [4.78, 5) is 3.61. The molecule has 0 saturated carbocycles. The average molecular weight is 517 g/mol. The van der Waals surface area contributed by atoms with Crippen LogP contribution < -0.4 is 14.8 Å². The van der Waals surface area contributed by atoms with Crippen molar-refractivity contribution in [3.63, 3.8) is 0 Å². The van der Waals surface area contributed by atoms with E-state index in [9.17, 15) is 13.5 Å². The number of aromatic nitrogens is 1. The number of fused-ring (bicyclic) bond motifs is 1. The van der Waals surface area contributed by atoms with E-state index >= 15 is 0 Å². The number of aromatic amines is 1. The number of aliphatic hydroxyl groups excluding tert-OH is 1. The third kappa shape index (κ3) is 6.55. The number of aliphatic hydroxyl groups is 1. The zero-order valence-electron chi connectivity index (χ0n) is 19.3. The summed E-state index contributed by atoms with van der Waals surface area (Å²) in [7, 11) is -2.04. The molecule has 0 unspecified atom stereocenters. The summed E-state index contributed by atoms with van der Waals surface area (Å²) in [6.07, 6.45) is 1.92. The lowest BCUT2D eigenvalue weighted by Crippen LogP contribution is -2.32. The Bertz CT molecular complexity index is 1320. The molecule has 7 nitrogen and oxygen atoms in total. The van der Waals surface area contributed by atoms with Gasteiger partial charge < -0.3 is 24.9 Å². The van der Waals surface area contributed by atoms with Gasteiger partial charge in [0.2, 0.25) is 9.84 Å². The number of halogens is 1. The SMILES string of the molecule is COc1ccc(S(=O)(=O)c2ccc(CCNC[C@H](O)COc3cccc4[nH]ccc34)cc2)cc1.Cl. The molecular weight excluding hydrogens is 488 g/mol. The molecule has 0 bridgehead atoms. The predicted molar refractivity (Wildman–Crippen MR) is 139 cm³/mol. The fourth-order valence-electron chi connectivity index (χ4n) is 3.65. The summed E-state index contributed by atoms with van der Waals surface area (Å²) in [6, 6.07) is 20.9. The summed E-state index contributed by atoms with van der Waals surface area (Å²) in [6.45, 7) is 1.23. The molecule has 0 aliphatic rings. The molecule has 9 heteroatoms. The molecule has 0 spiro atoms. The van der Waals surface area contributed by atoms with Gasteiger partial charge in [0.25, 0.3) is 0 Å². The number of ether oxygens (including phenoxy) is 2. The first-order valence-corrected chi connectivity index (χ1v) is 12.5. The minimum atomic E-state index is -3.58. The number of hydrogen-bond acceptors (Lipinski definition) is 6. The molecule has 35 heavy (non-hydrogen) atoms. The Hall–Kier alpha value is -3.04. The van der Waals surface area contributed by atoms with Crippen LogP contribution in [0.2, 0.25) is 0 Å². The van der Waals surface area contributed by atoms with Crippen LogP contribution >= 0.6 is 12.4 Å². The van der Waals surface area contributed by atoms with Crippen molar-refractivity contribution in [1.82, 2.24) is 10.3 Å². The lowest BCUT2D eigenvalue weighted by Gasteiger charge is -2.14. The number of benzene rings is 3. The van der Waals surface area contributed by atoms with Crippen molar-refractivity contribution < 1.29 is 23.0 Å². The van der Waals surface area contributed by atoms with Crippen molar-refractivity contribution in [2.24, 2.45) is 0 Å². The Morgan fingerprint density at radius 1 is 0.971 bits per heavy atom. The third-order valence-corrected chi connectivity index (χ3v) is 7.35. The molecule has 0 saturated heterocycles. The quantitative estimate of drug-likeness (QED) is 0.260. The van der Waals surface area contributed by atoms with Crippen LogP contribution in [-0.4, -0.2) is 51.4 Å². The van der Waals surface area contributed by atoms with Crippen LogP contribution in [0.15, 0.2) is 88.8 Å². The predicted octanol–water partition coefficient (Wildman–Crippen LogP) is 4.00. The van der Waals surface area contributed by atoms with Gasteiger partial charge >= 0.3 is 0 Å². The molecule has 3 N–H and O–H groups in total. The van der Waals surface area contributed by atoms with Crippen molar-refractivity contribution in [1.29, 1.82) is 0 Å². The summed E-state index contributed by atoms with van der Waals surface area (Å²) in [5.74, 6) is 1.35. The minimum Gasteiger partial charge on any atom is -0.497 e. The smallest absolute Gasteiger partial charge is 0.206 e. The van der Waals surface area contributed by atoms with Crippen LogP contribution in [0.5, 0.6) is 11.5 Å². The largest absolute Gasteiger partial charge is 0.497 e. The van der Waals surface area contributed by atoms with Gasteiger partial charge in [-0.2, -0.15) is 0 Å². The monoisotopic (exact) mass is 516 g/mol. The summed E-state index contributed by atoms with van der Waals surface area (Å²) in [5, 5.41) is 14.4. The zero-order chi connectivity index (χ0) is 24.0. The van der Waals surface area contributed by atoms with E-state index in [2.05, 4.69) is 10.3 Å². The van der Waals surface area contributed by atoms with E-state index in [4.69, 9.17) is 9.47 Å². The summed E-state index contributed by atoms with van der Waals surface area (Å²) >= 11 is 0. The lowest BCUT2D eigenvalue weighted by molar-refractivity contribution is 0.107. The maximum Gasteiger partial charge on any atom is 0.206 e. The molecule has 0 radical (unpaired) electrons. The van der Waals surface area contributed by atoms with Crippen molar-refractivity contribution in [2.45, 2.75) is 22.3 Å². The first-order valence-electron chi connectivity index (χ1n) is 11.0. The number of methoxy groups -OCH3 is 1. The van der Waals surface area contributed by atoms with Crippen LogP contribution in [0.4, 0.5) is 0 Å². The van der Waals surface area contributed by atoms with Gasteiger partial charge in [-0.25, -0.2) is 8.42 Å². The van der Waals surface area contributed by atoms with E-state index < -0.39 is 15.9 Å². The van der Waals surface area contributed by atoms with Crippen molar-refractivity contribution in [3.05, 3.63) is 84.6 Å². The summed E-state index contributed by atoms with van der Waals surface area (Å²) in [5.41, 5.74) is 2.00. The Kier molecular flexibility index (Phi) is 9.17. The fraction of sp³-hybridized carbons (Fsp3) is 0.231. The highest BCUT2D eigenvalue weighted by Gasteiger charge is 2.17. The highest BCUT2D eigenvalue weighted by molar-refractivity contribution is 7.91. The highest BCUT2D eigenvalue weighted by Crippen LogP contribution is 2.25. The third-order valence-electron chi connectivity index (χ3n) is 5.56. The first kappa shape index (κ1) is 26.6. The Balaban J connectivity index is 0.00000342. The second-order valence-corrected chi connectivity index (χ2v) is 9.89. The van der Waals surface area contributed by atoms with E-state index in [1.807, 2.05) is 42.6 Å². The number of hydrogen-bond donors (Lipinski definition) is 3. The van der Waals surface area contributed by atoms with Gasteiger partial charge in [0.1, 0.15) is 24.2 Å². The normalized spacial score (nSPS) is 12.2. The van der Waals surface area contributed by atoms with E-state index in [-0.39, 0.29) is 28.8 Å². The van der Waals surface area contributed by atoms with Crippen LogP contribution in [0.3, 0.4) is 0 Å². The maximum absolute atomic E-state index is 12.8. The van der Waals surface area contributed by atoms with Crippen molar-refractivity contribution in [2.75, 3.05) is 26.8 Å². The standard InChI is InChI=1S/C26H28N2O5S.ClH/c1-32-21-7-11-23(12-8-21)34(30,31)22-9-5-19(6-10-22)13-15-27-17-20(29)18-33-26-4-2-3-25-24(26)14-16-28-25;/h2-12,14,16,20,27-29H,13,15,17-18H2,1H3;1H/t20-;/m0./s1. The molecule has 0 aliphatic carbocycles. The Morgan fingerprint density at radius 2 is 1.66 bits per heavy atom. The van der Waals surface area contributed by atoms with Crippen molar-refractivity contribution in [3.8, 4) is 11.5 Å². The molecule has 1 aromatic heterocycles. The van der Waals surface area contributed by atoms with E-state index in [1.54, 1.807) is 36.4 Å². The molecule has 1 atom stereocenters. The van der Waals surface area contributed by atoms with Crippen LogP contribution in [-0.2, 0) is 16.3 Å². The number of H-pyrrole nitrogens is 1. The number of rotatable bonds is 11. The number of nitrogens with one attached hydrogen (secondary N) is 2. The van der Waals surface area contributed by atoms with Crippen LogP contribution in [0.25, 0.3) is 10.9 Å². The zero-order valence-corrected chi connectivity index (χ0v) is 20.9. The molecule has 1 heterocycles. The molecule has 3 aromatic carbocycles. The van der Waals surface area contributed by atoms with Gasteiger partial charge in [-0.15, -0.1) is 12.4 Å². The van der Waals surface area contributed by atoms with Gasteiger partial charge in [-0.1, -0.05) is 18.2 Å². The summed E-state index contributed by atoms with van der Waals surface area (Å²) < 4.78 is 36.5. The molecule has 4 rings (SSSR count). The van der Waals surface area contributed by atoms with Gasteiger partial charge in [0, 0.05) is 23.6 Å². The average Bonchev–Trinajstić information content (AvgIpc) is 3.35. The molecular formula is C26H29ClN2O5S.